The maximum atomic E-state index is 12.6. The van der Waals surface area contributed by atoms with Crippen LogP contribution in [0, 0.1) is 12.8 Å². The van der Waals surface area contributed by atoms with Crippen molar-refractivity contribution < 1.29 is 18.0 Å². The molecule has 1 aromatic rings. The minimum atomic E-state index is -4.51. The molecule has 132 valence electrons. The number of carbonyl (C=O) groups is 1. The molecular weight excluding hydrogens is 331 g/mol. The monoisotopic (exact) mass is 353 g/mol. The lowest BCUT2D eigenvalue weighted by Gasteiger charge is -2.22. The minimum Gasteiger partial charge on any atom is -0.342 e. The van der Waals surface area contributed by atoms with Gasteiger partial charge in [0.2, 0.25) is 0 Å². The zero-order chi connectivity index (χ0) is 17.1. The van der Waals surface area contributed by atoms with Crippen LogP contribution in [-0.4, -0.2) is 35.4 Å². The molecule has 1 atom stereocenters. The highest BCUT2D eigenvalue weighted by Crippen LogP contribution is 2.28. The van der Waals surface area contributed by atoms with Gasteiger partial charge >= 0.3 is 6.18 Å². The fraction of sp³-hybridized carbons (Fsp3) is 0.600. The summed E-state index contributed by atoms with van der Waals surface area (Å²) in [5, 5.41) is 0. The molecule has 1 aromatic heterocycles. The fourth-order valence-corrected chi connectivity index (χ4v) is 1.93. The second-order valence-corrected chi connectivity index (χ2v) is 5.75. The van der Waals surface area contributed by atoms with Crippen molar-refractivity contribution in [1.82, 2.24) is 9.88 Å². The number of aryl methyl sites for hydroxylation is 1. The summed E-state index contributed by atoms with van der Waals surface area (Å²) >= 11 is 0. The lowest BCUT2D eigenvalue weighted by atomic mass is 10.0. The summed E-state index contributed by atoms with van der Waals surface area (Å²) in [6.45, 7) is 5.83. The molecule has 0 fully saturated rings. The number of carbonyl (C=O) groups excluding carboxylic acids is 1. The van der Waals surface area contributed by atoms with Crippen LogP contribution >= 0.6 is 12.4 Å². The van der Waals surface area contributed by atoms with Gasteiger partial charge in [0, 0.05) is 19.6 Å². The van der Waals surface area contributed by atoms with Crippen molar-refractivity contribution in [3.05, 3.63) is 29.1 Å². The van der Waals surface area contributed by atoms with Gasteiger partial charge in [0.25, 0.3) is 5.91 Å². The molecule has 0 saturated heterocycles. The number of rotatable bonds is 5. The number of hydrogen-bond donors (Lipinski definition) is 1. The molecule has 0 radical (unpaired) electrons. The number of nitrogens with zero attached hydrogens (tertiary/aromatic N) is 2. The maximum Gasteiger partial charge on any atom is 0.433 e. The van der Waals surface area contributed by atoms with Crippen LogP contribution in [0.3, 0.4) is 0 Å². The molecule has 0 saturated carbocycles. The quantitative estimate of drug-likeness (QED) is 0.883. The van der Waals surface area contributed by atoms with Crippen molar-refractivity contribution in [1.29, 1.82) is 0 Å². The molecule has 1 heterocycles. The summed E-state index contributed by atoms with van der Waals surface area (Å²) < 4.78 is 37.7. The van der Waals surface area contributed by atoms with Crippen LogP contribution in [0.2, 0.25) is 0 Å². The molecule has 2 N–H and O–H groups in total. The number of pyridine rings is 1. The van der Waals surface area contributed by atoms with Crippen LogP contribution in [0.4, 0.5) is 13.2 Å². The van der Waals surface area contributed by atoms with Crippen molar-refractivity contribution in [2.75, 3.05) is 13.6 Å². The standard InChI is InChI=1S/C15H22F3N3O.ClH/c1-9(2)12(19)7-8-21(4)14(22)11-5-6-13(15(16,17)18)20-10(11)3;/h5-6,9,12H,7-8,19H2,1-4H3;1H. The van der Waals surface area contributed by atoms with E-state index in [0.717, 1.165) is 6.07 Å². The molecule has 0 aliphatic rings. The number of halogens is 4. The second-order valence-electron chi connectivity index (χ2n) is 5.75. The zero-order valence-electron chi connectivity index (χ0n) is 13.6. The van der Waals surface area contributed by atoms with E-state index in [2.05, 4.69) is 4.98 Å². The molecular formula is C15H23ClF3N3O. The predicted molar refractivity (Wildman–Crippen MR) is 85.6 cm³/mol. The van der Waals surface area contributed by atoms with E-state index in [1.54, 1.807) is 7.05 Å². The average molecular weight is 354 g/mol. The van der Waals surface area contributed by atoms with Crippen molar-refractivity contribution in [3.63, 3.8) is 0 Å². The van der Waals surface area contributed by atoms with Crippen molar-refractivity contribution in [3.8, 4) is 0 Å². The van der Waals surface area contributed by atoms with Crippen molar-refractivity contribution >= 4 is 18.3 Å². The lowest BCUT2D eigenvalue weighted by Crippen LogP contribution is -2.35. The van der Waals surface area contributed by atoms with Gasteiger partial charge in [-0.2, -0.15) is 13.2 Å². The summed E-state index contributed by atoms with van der Waals surface area (Å²) in [5.41, 5.74) is 5.18. The van der Waals surface area contributed by atoms with Gasteiger partial charge in [-0.3, -0.25) is 4.79 Å². The highest BCUT2D eigenvalue weighted by molar-refractivity contribution is 5.95. The van der Waals surface area contributed by atoms with E-state index in [4.69, 9.17) is 5.73 Å². The van der Waals surface area contributed by atoms with Gasteiger partial charge in [0.15, 0.2) is 0 Å². The average Bonchev–Trinajstić information content (AvgIpc) is 2.42. The van der Waals surface area contributed by atoms with E-state index >= 15 is 0 Å². The third kappa shape index (κ3) is 5.99. The Balaban J connectivity index is 0.00000484. The first kappa shape index (κ1) is 21.7. The predicted octanol–water partition coefficient (Wildman–Crippen LogP) is 3.28. The third-order valence-electron chi connectivity index (χ3n) is 3.61. The highest BCUT2D eigenvalue weighted by Gasteiger charge is 2.33. The Bertz CT molecular complexity index is 535. The summed E-state index contributed by atoms with van der Waals surface area (Å²) in [6, 6.07) is 1.97. The molecule has 0 aliphatic carbocycles. The second kappa shape index (κ2) is 8.49. The number of amides is 1. The topological polar surface area (TPSA) is 59.2 Å². The molecule has 1 amide bonds. The molecule has 4 nitrogen and oxygen atoms in total. The summed E-state index contributed by atoms with van der Waals surface area (Å²) in [4.78, 5) is 17.2. The Labute approximate surface area is 140 Å². The molecule has 0 spiro atoms. The lowest BCUT2D eigenvalue weighted by molar-refractivity contribution is -0.141. The van der Waals surface area contributed by atoms with Crippen LogP contribution in [0.5, 0.6) is 0 Å². The minimum absolute atomic E-state index is 0. The molecule has 1 unspecified atom stereocenters. The van der Waals surface area contributed by atoms with Crippen molar-refractivity contribution in [2.24, 2.45) is 11.7 Å². The van der Waals surface area contributed by atoms with Gasteiger partial charge in [-0.05, 0) is 31.4 Å². The zero-order valence-corrected chi connectivity index (χ0v) is 14.5. The van der Waals surface area contributed by atoms with E-state index in [1.807, 2.05) is 13.8 Å². The Kier molecular flexibility index (Phi) is 8.00. The van der Waals surface area contributed by atoms with E-state index < -0.39 is 11.9 Å². The number of alkyl halides is 3. The van der Waals surface area contributed by atoms with Crippen LogP contribution < -0.4 is 5.73 Å². The van der Waals surface area contributed by atoms with Gasteiger partial charge in [0.05, 0.1) is 11.3 Å². The molecule has 0 aliphatic heterocycles. The largest absolute Gasteiger partial charge is 0.433 e. The first-order valence-corrected chi connectivity index (χ1v) is 7.10. The van der Waals surface area contributed by atoms with Crippen LogP contribution in [0.25, 0.3) is 0 Å². The van der Waals surface area contributed by atoms with E-state index in [0.29, 0.717) is 18.9 Å². The van der Waals surface area contributed by atoms with Gasteiger partial charge in [-0.1, -0.05) is 13.8 Å². The van der Waals surface area contributed by atoms with E-state index in [-0.39, 0.29) is 35.6 Å². The van der Waals surface area contributed by atoms with E-state index in [1.165, 1.54) is 17.9 Å². The summed E-state index contributed by atoms with van der Waals surface area (Å²) in [7, 11) is 1.60. The first-order chi connectivity index (χ1) is 10.0. The normalized spacial score (nSPS) is 12.7. The molecule has 8 heteroatoms. The smallest absolute Gasteiger partial charge is 0.342 e. The Hall–Kier alpha value is -1.34. The van der Waals surface area contributed by atoms with Gasteiger partial charge in [-0.25, -0.2) is 4.98 Å². The van der Waals surface area contributed by atoms with E-state index in [9.17, 15) is 18.0 Å². The van der Waals surface area contributed by atoms with Crippen LogP contribution in [0.1, 0.15) is 42.0 Å². The molecule has 23 heavy (non-hydrogen) atoms. The molecule has 0 bridgehead atoms. The Morgan fingerprint density at radius 2 is 1.91 bits per heavy atom. The Morgan fingerprint density at radius 3 is 2.35 bits per heavy atom. The van der Waals surface area contributed by atoms with Crippen LogP contribution in [-0.2, 0) is 6.18 Å². The first-order valence-electron chi connectivity index (χ1n) is 7.10. The fourth-order valence-electron chi connectivity index (χ4n) is 1.93. The Morgan fingerprint density at radius 1 is 1.35 bits per heavy atom. The number of nitrogens with two attached hydrogens (primary N) is 1. The van der Waals surface area contributed by atoms with Crippen molar-refractivity contribution in [2.45, 2.75) is 39.4 Å². The van der Waals surface area contributed by atoms with Gasteiger partial charge in [-0.15, -0.1) is 12.4 Å². The van der Waals surface area contributed by atoms with Crippen LogP contribution in [0.15, 0.2) is 12.1 Å². The van der Waals surface area contributed by atoms with Gasteiger partial charge < -0.3 is 10.6 Å². The molecule has 1 rings (SSSR count). The SMILES string of the molecule is Cc1nc(C(F)(F)F)ccc1C(=O)N(C)CCC(N)C(C)C.Cl. The third-order valence-corrected chi connectivity index (χ3v) is 3.61. The molecule has 0 aromatic carbocycles. The van der Waals surface area contributed by atoms with Gasteiger partial charge in [0.1, 0.15) is 5.69 Å². The maximum absolute atomic E-state index is 12.6. The number of aromatic nitrogens is 1. The number of hydrogen-bond acceptors (Lipinski definition) is 3. The summed E-state index contributed by atoms with van der Waals surface area (Å²) in [5.74, 6) is -0.0485. The summed E-state index contributed by atoms with van der Waals surface area (Å²) in [6.07, 6.45) is -3.88. The highest BCUT2D eigenvalue weighted by atomic mass is 35.5.